The fourth-order valence-corrected chi connectivity index (χ4v) is 9.27. The normalized spacial score (nSPS) is 12.6. The van der Waals surface area contributed by atoms with Gasteiger partial charge in [-0.3, -0.25) is 14.4 Å². The number of rotatable bonds is 59. The van der Waals surface area contributed by atoms with E-state index in [0.29, 0.717) is 19.3 Å². The van der Waals surface area contributed by atoms with E-state index in [1.165, 1.54) is 180 Å². The Morgan fingerprint density at radius 2 is 0.513 bits per heavy atom. The Morgan fingerprint density at radius 1 is 0.276 bits per heavy atom. The van der Waals surface area contributed by atoms with Gasteiger partial charge in [-0.2, -0.15) is 0 Å². The van der Waals surface area contributed by atoms with Crippen molar-refractivity contribution in [3.8, 4) is 0 Å². The van der Waals surface area contributed by atoms with Gasteiger partial charge in [0.15, 0.2) is 6.10 Å². The summed E-state index contributed by atoms with van der Waals surface area (Å²) in [6.07, 6.45) is 84.6. The molecule has 0 aromatic carbocycles. The van der Waals surface area contributed by atoms with Crippen molar-refractivity contribution in [1.82, 2.24) is 0 Å². The van der Waals surface area contributed by atoms with Crippen molar-refractivity contribution in [2.75, 3.05) is 13.2 Å². The fourth-order valence-electron chi connectivity index (χ4n) is 9.27. The minimum atomic E-state index is -0.778. The average Bonchev–Trinajstić information content (AvgIpc) is 3.42. The summed E-state index contributed by atoms with van der Waals surface area (Å²) in [4.78, 5) is 38.2. The number of unbranched alkanes of at least 4 members (excludes halogenated alkanes) is 34. The van der Waals surface area contributed by atoms with Crippen LogP contribution in [-0.2, 0) is 28.6 Å². The molecule has 0 N–H and O–H groups in total. The zero-order valence-electron chi connectivity index (χ0n) is 50.3. The van der Waals surface area contributed by atoms with Gasteiger partial charge < -0.3 is 14.2 Å². The smallest absolute Gasteiger partial charge is 0.306 e. The molecule has 6 nitrogen and oxygen atoms in total. The first-order chi connectivity index (χ1) is 37.5. The van der Waals surface area contributed by atoms with Gasteiger partial charge in [0.25, 0.3) is 0 Å². The van der Waals surface area contributed by atoms with Crippen LogP contribution in [0, 0.1) is 0 Å². The van der Waals surface area contributed by atoms with E-state index in [1.807, 2.05) is 0 Å². The molecule has 0 aliphatic heterocycles. The van der Waals surface area contributed by atoms with Crippen molar-refractivity contribution in [1.29, 1.82) is 0 Å². The lowest BCUT2D eigenvalue weighted by atomic mass is 10.0. The fraction of sp³-hybridized carbons (Fsp3) is 0.757. The molecule has 1 atom stereocenters. The van der Waals surface area contributed by atoms with Crippen molar-refractivity contribution in [3.63, 3.8) is 0 Å². The van der Waals surface area contributed by atoms with Gasteiger partial charge in [0.05, 0.1) is 0 Å². The zero-order valence-corrected chi connectivity index (χ0v) is 50.3. The Hall–Kier alpha value is -3.41. The van der Waals surface area contributed by atoms with Crippen molar-refractivity contribution >= 4 is 17.9 Å². The highest BCUT2D eigenvalue weighted by atomic mass is 16.6. The van der Waals surface area contributed by atoms with Crippen LogP contribution in [0.15, 0.2) is 85.1 Å². The Kier molecular flexibility index (Phi) is 61.2. The number of ether oxygens (including phenoxy) is 3. The van der Waals surface area contributed by atoms with Crippen molar-refractivity contribution in [2.24, 2.45) is 0 Å². The number of hydrogen-bond donors (Lipinski definition) is 0. The number of carbonyl (C=O) groups is 3. The van der Waals surface area contributed by atoms with Crippen LogP contribution < -0.4 is 0 Å². The molecule has 0 spiro atoms. The third-order valence-corrected chi connectivity index (χ3v) is 14.1. The molecule has 0 rings (SSSR count). The van der Waals surface area contributed by atoms with Crippen molar-refractivity contribution in [2.45, 2.75) is 329 Å². The lowest BCUT2D eigenvalue weighted by molar-refractivity contribution is -0.167. The van der Waals surface area contributed by atoms with Crippen LogP contribution in [0.25, 0.3) is 0 Å². The number of carbonyl (C=O) groups excluding carboxylic acids is 3. The van der Waals surface area contributed by atoms with Crippen molar-refractivity contribution < 1.29 is 28.6 Å². The summed E-state index contributed by atoms with van der Waals surface area (Å²) >= 11 is 0. The van der Waals surface area contributed by atoms with E-state index in [2.05, 4.69) is 106 Å². The van der Waals surface area contributed by atoms with Gasteiger partial charge >= 0.3 is 17.9 Å². The Balaban J connectivity index is 4.15. The monoisotopic (exact) mass is 1060 g/mol. The van der Waals surface area contributed by atoms with E-state index >= 15 is 0 Å². The lowest BCUT2D eigenvalue weighted by Crippen LogP contribution is -2.30. The molecule has 0 amide bonds. The van der Waals surface area contributed by atoms with Gasteiger partial charge in [-0.15, -0.1) is 0 Å². The Morgan fingerprint density at radius 3 is 0.829 bits per heavy atom. The quantitative estimate of drug-likeness (QED) is 0.0261. The predicted octanol–water partition coefficient (Wildman–Crippen LogP) is 22.3. The van der Waals surface area contributed by atoms with Gasteiger partial charge in [0.1, 0.15) is 13.2 Å². The van der Waals surface area contributed by atoms with E-state index in [0.717, 1.165) is 103 Å². The van der Waals surface area contributed by atoms with E-state index in [1.54, 1.807) is 0 Å². The third-order valence-electron chi connectivity index (χ3n) is 14.1. The molecule has 0 aliphatic rings. The summed E-state index contributed by atoms with van der Waals surface area (Å²) in [5.41, 5.74) is 0. The van der Waals surface area contributed by atoms with Gasteiger partial charge in [-0.25, -0.2) is 0 Å². The van der Waals surface area contributed by atoms with Crippen LogP contribution in [0.2, 0.25) is 0 Å². The molecule has 0 saturated heterocycles. The standard InChI is InChI=1S/C70H122O6/c1-4-7-10-13-16-19-22-24-26-28-29-30-31-32-33-34-35-36-37-38-39-40-41-43-44-46-48-51-54-57-60-63-69(72)75-66-67(65-74-68(71)62-59-56-53-50-21-18-15-12-9-6-3)76-70(73)64-61-58-55-52-49-47-45-42-27-25-23-20-17-14-11-8-5-2/h7,10,16-17,19-20,24-27,29-30,32-33,67H,4-6,8-9,11-15,18,21-23,28,31,34-66H2,1-3H3/b10-7-,19-16-,20-17-,26-24-,27-25-,30-29-,33-32-. The van der Waals surface area contributed by atoms with E-state index in [9.17, 15) is 14.4 Å². The molecule has 76 heavy (non-hydrogen) atoms. The maximum Gasteiger partial charge on any atom is 0.306 e. The maximum absolute atomic E-state index is 12.9. The molecule has 0 fully saturated rings. The summed E-state index contributed by atoms with van der Waals surface area (Å²) < 4.78 is 16.9. The number of allylic oxidation sites excluding steroid dienone is 14. The molecule has 0 heterocycles. The summed E-state index contributed by atoms with van der Waals surface area (Å²) in [5.74, 6) is -0.872. The van der Waals surface area contributed by atoms with Crippen LogP contribution in [0.1, 0.15) is 323 Å². The predicted molar refractivity (Wildman–Crippen MR) is 330 cm³/mol. The molecule has 6 heteroatoms. The second kappa shape index (κ2) is 64.1. The molecule has 0 aromatic heterocycles. The van der Waals surface area contributed by atoms with Crippen LogP contribution >= 0.6 is 0 Å². The highest BCUT2D eigenvalue weighted by molar-refractivity contribution is 5.71. The summed E-state index contributed by atoms with van der Waals surface area (Å²) in [6.45, 7) is 6.51. The SMILES string of the molecule is CC/C=C\C/C=C\C/C=C\C/C=C\C/C=C\CCCCCCCCCCCCCCCCCC(=O)OCC(COC(=O)CCCCCCCCCCCC)OC(=O)CCCCCCCCC/C=C\C/C=C\CCCCC. The minimum Gasteiger partial charge on any atom is -0.462 e. The Bertz CT molecular complexity index is 1450. The maximum atomic E-state index is 12.9. The largest absolute Gasteiger partial charge is 0.462 e. The number of esters is 3. The zero-order chi connectivity index (χ0) is 55.0. The summed E-state index contributed by atoms with van der Waals surface area (Å²) in [6, 6.07) is 0. The van der Waals surface area contributed by atoms with Crippen molar-refractivity contribution in [3.05, 3.63) is 85.1 Å². The first-order valence-corrected chi connectivity index (χ1v) is 32.6. The van der Waals surface area contributed by atoms with Crippen LogP contribution in [0.4, 0.5) is 0 Å². The Labute approximate surface area is 471 Å². The van der Waals surface area contributed by atoms with E-state index in [4.69, 9.17) is 14.2 Å². The average molecular weight is 1060 g/mol. The molecular weight excluding hydrogens is 937 g/mol. The van der Waals surface area contributed by atoms with Crippen LogP contribution in [0.5, 0.6) is 0 Å². The van der Waals surface area contributed by atoms with Gasteiger partial charge in [0, 0.05) is 19.3 Å². The van der Waals surface area contributed by atoms with Gasteiger partial charge in [-0.05, 0) is 96.3 Å². The van der Waals surface area contributed by atoms with E-state index < -0.39 is 6.10 Å². The molecule has 0 radical (unpaired) electrons. The third kappa shape index (κ3) is 61.4. The molecule has 438 valence electrons. The van der Waals surface area contributed by atoms with Gasteiger partial charge in [0.2, 0.25) is 0 Å². The molecule has 0 saturated carbocycles. The molecule has 0 bridgehead atoms. The molecule has 0 aromatic rings. The number of hydrogen-bond acceptors (Lipinski definition) is 6. The minimum absolute atomic E-state index is 0.0754. The molecule has 1 unspecified atom stereocenters. The first kappa shape index (κ1) is 72.6. The first-order valence-electron chi connectivity index (χ1n) is 32.6. The van der Waals surface area contributed by atoms with E-state index in [-0.39, 0.29) is 31.1 Å². The second-order valence-electron chi connectivity index (χ2n) is 21.6. The van der Waals surface area contributed by atoms with Crippen LogP contribution in [-0.4, -0.2) is 37.2 Å². The topological polar surface area (TPSA) is 78.9 Å². The molecule has 0 aliphatic carbocycles. The lowest BCUT2D eigenvalue weighted by Gasteiger charge is -2.18. The highest BCUT2D eigenvalue weighted by Gasteiger charge is 2.19. The summed E-state index contributed by atoms with van der Waals surface area (Å²) in [5, 5.41) is 0. The van der Waals surface area contributed by atoms with Gasteiger partial charge in [-0.1, -0.05) is 292 Å². The summed E-state index contributed by atoms with van der Waals surface area (Å²) in [7, 11) is 0. The highest BCUT2D eigenvalue weighted by Crippen LogP contribution is 2.17. The second-order valence-corrected chi connectivity index (χ2v) is 21.6. The van der Waals surface area contributed by atoms with Crippen LogP contribution in [0.3, 0.4) is 0 Å². The molecular formula is C70H122O6.